The van der Waals surface area contributed by atoms with E-state index in [1.807, 2.05) is 10.7 Å². The third-order valence-corrected chi connectivity index (χ3v) is 3.32. The van der Waals surface area contributed by atoms with Crippen LogP contribution in [0.5, 0.6) is 0 Å². The van der Waals surface area contributed by atoms with Crippen LogP contribution in [0.4, 0.5) is 5.13 Å². The maximum atomic E-state index is 4.40. The fourth-order valence-corrected chi connectivity index (χ4v) is 2.45. The Kier molecular flexibility index (Phi) is 2.91. The van der Waals surface area contributed by atoms with E-state index in [-0.39, 0.29) is 0 Å². The molecular weight excluding hydrogens is 311 g/mol. The zero-order valence-corrected chi connectivity index (χ0v) is 11.0. The van der Waals surface area contributed by atoms with Crippen molar-refractivity contribution in [3.63, 3.8) is 0 Å². The molecule has 0 spiro atoms. The van der Waals surface area contributed by atoms with Gasteiger partial charge in [0.25, 0.3) is 0 Å². The average Bonchev–Trinajstić information content (AvgIpc) is 2.65. The van der Waals surface area contributed by atoms with Gasteiger partial charge < -0.3 is 5.32 Å². The molecule has 0 aromatic carbocycles. The predicted molar refractivity (Wildman–Crippen MR) is 66.9 cm³/mol. The molecule has 4 nitrogen and oxygen atoms in total. The summed E-state index contributed by atoms with van der Waals surface area (Å²) in [6, 6.07) is 0. The normalized spacial score (nSPS) is 11.4. The van der Waals surface area contributed by atoms with Crippen molar-refractivity contribution >= 4 is 44.0 Å². The standard InChI is InChI=1S/C8H11IN4S/c1-5(2)3-10-7-12-13-6(9)4-11-8(13)14-7/h4-5H,3H2,1-2H3,(H,10,12). The lowest BCUT2D eigenvalue weighted by Gasteiger charge is -2.03. The highest BCUT2D eigenvalue weighted by molar-refractivity contribution is 14.1. The topological polar surface area (TPSA) is 42.2 Å². The van der Waals surface area contributed by atoms with Crippen molar-refractivity contribution in [2.24, 2.45) is 5.92 Å². The molecule has 0 bridgehead atoms. The van der Waals surface area contributed by atoms with Gasteiger partial charge >= 0.3 is 0 Å². The lowest BCUT2D eigenvalue weighted by atomic mass is 10.2. The maximum absolute atomic E-state index is 4.40. The highest BCUT2D eigenvalue weighted by Gasteiger charge is 2.07. The Bertz CT molecular complexity index is 433. The van der Waals surface area contributed by atoms with Crippen molar-refractivity contribution in [3.05, 3.63) is 9.90 Å². The number of aromatic nitrogens is 3. The van der Waals surface area contributed by atoms with Crippen molar-refractivity contribution in [2.75, 3.05) is 11.9 Å². The second kappa shape index (κ2) is 4.01. The van der Waals surface area contributed by atoms with Gasteiger partial charge in [-0.25, -0.2) is 4.98 Å². The summed E-state index contributed by atoms with van der Waals surface area (Å²) in [7, 11) is 0. The van der Waals surface area contributed by atoms with Gasteiger partial charge in [-0.2, -0.15) is 4.52 Å². The van der Waals surface area contributed by atoms with Gasteiger partial charge in [-0.15, -0.1) is 5.10 Å². The summed E-state index contributed by atoms with van der Waals surface area (Å²) >= 11 is 3.81. The van der Waals surface area contributed by atoms with E-state index in [2.05, 4.69) is 51.8 Å². The summed E-state index contributed by atoms with van der Waals surface area (Å²) in [6.07, 6.45) is 1.83. The molecule has 0 amide bonds. The van der Waals surface area contributed by atoms with E-state index in [9.17, 15) is 0 Å². The lowest BCUT2D eigenvalue weighted by Crippen LogP contribution is -2.07. The summed E-state index contributed by atoms with van der Waals surface area (Å²) in [5.41, 5.74) is 0. The molecule has 0 unspecified atom stereocenters. The molecule has 2 heterocycles. The largest absolute Gasteiger partial charge is 0.360 e. The molecule has 0 aliphatic rings. The van der Waals surface area contributed by atoms with Gasteiger partial charge in [-0.05, 0) is 28.5 Å². The lowest BCUT2D eigenvalue weighted by molar-refractivity contribution is 0.687. The zero-order chi connectivity index (χ0) is 10.1. The molecule has 6 heteroatoms. The summed E-state index contributed by atoms with van der Waals surface area (Å²) in [5.74, 6) is 0.630. The first-order chi connectivity index (χ1) is 6.66. The van der Waals surface area contributed by atoms with E-state index < -0.39 is 0 Å². The predicted octanol–water partition coefficient (Wildman–Crippen LogP) is 2.46. The second-order valence-electron chi connectivity index (χ2n) is 3.46. The minimum absolute atomic E-state index is 0.630. The van der Waals surface area contributed by atoms with Crippen molar-refractivity contribution < 1.29 is 0 Å². The minimum atomic E-state index is 0.630. The Morgan fingerprint density at radius 1 is 1.64 bits per heavy atom. The monoisotopic (exact) mass is 322 g/mol. The second-order valence-corrected chi connectivity index (χ2v) is 5.52. The Hall–Kier alpha value is -0.370. The molecule has 2 aromatic heterocycles. The van der Waals surface area contributed by atoms with Crippen LogP contribution in [0.1, 0.15) is 13.8 Å². The van der Waals surface area contributed by atoms with Crippen LogP contribution in [0.25, 0.3) is 4.96 Å². The number of nitrogens with zero attached hydrogens (tertiary/aromatic N) is 3. The van der Waals surface area contributed by atoms with Crippen LogP contribution in [0.15, 0.2) is 6.20 Å². The number of hydrogen-bond donors (Lipinski definition) is 1. The molecule has 0 saturated heterocycles. The van der Waals surface area contributed by atoms with Crippen LogP contribution < -0.4 is 5.32 Å². The zero-order valence-electron chi connectivity index (χ0n) is 7.99. The molecule has 0 aliphatic carbocycles. The third kappa shape index (κ3) is 2.00. The van der Waals surface area contributed by atoms with Crippen molar-refractivity contribution in [2.45, 2.75) is 13.8 Å². The van der Waals surface area contributed by atoms with Gasteiger partial charge in [0.1, 0.15) is 3.70 Å². The van der Waals surface area contributed by atoms with Crippen molar-refractivity contribution in [1.29, 1.82) is 0 Å². The summed E-state index contributed by atoms with van der Waals surface area (Å²) in [4.78, 5) is 5.18. The van der Waals surface area contributed by atoms with Crippen LogP contribution in [-0.4, -0.2) is 21.1 Å². The molecule has 0 fully saturated rings. The summed E-state index contributed by atoms with van der Waals surface area (Å²) in [6.45, 7) is 5.30. The van der Waals surface area contributed by atoms with Gasteiger partial charge in [-0.1, -0.05) is 25.2 Å². The van der Waals surface area contributed by atoms with Gasteiger partial charge in [0.05, 0.1) is 6.20 Å². The van der Waals surface area contributed by atoms with E-state index in [1.54, 1.807) is 11.3 Å². The third-order valence-electron chi connectivity index (χ3n) is 1.71. The molecule has 2 rings (SSSR count). The van der Waals surface area contributed by atoms with Crippen LogP contribution in [0.3, 0.4) is 0 Å². The van der Waals surface area contributed by atoms with E-state index >= 15 is 0 Å². The maximum Gasteiger partial charge on any atom is 0.214 e. The van der Waals surface area contributed by atoms with Crippen LogP contribution in [0.2, 0.25) is 0 Å². The van der Waals surface area contributed by atoms with Gasteiger partial charge in [0.15, 0.2) is 0 Å². The first kappa shape index (κ1) is 10.2. The summed E-state index contributed by atoms with van der Waals surface area (Å²) < 4.78 is 2.90. The Morgan fingerprint density at radius 2 is 2.43 bits per heavy atom. The number of anilines is 1. The molecule has 0 saturated carbocycles. The number of nitrogens with one attached hydrogen (secondary N) is 1. The fraction of sp³-hybridized carbons (Fsp3) is 0.500. The fourth-order valence-electron chi connectivity index (χ4n) is 1.03. The Morgan fingerprint density at radius 3 is 3.07 bits per heavy atom. The minimum Gasteiger partial charge on any atom is -0.360 e. The van der Waals surface area contributed by atoms with Crippen LogP contribution >= 0.6 is 33.9 Å². The highest BCUT2D eigenvalue weighted by Crippen LogP contribution is 2.20. The highest BCUT2D eigenvalue weighted by atomic mass is 127. The molecule has 0 atom stereocenters. The number of hydrogen-bond acceptors (Lipinski definition) is 4. The van der Waals surface area contributed by atoms with E-state index in [4.69, 9.17) is 0 Å². The van der Waals surface area contributed by atoms with E-state index in [0.717, 1.165) is 20.3 Å². The molecule has 0 aliphatic heterocycles. The van der Waals surface area contributed by atoms with Gasteiger partial charge in [0.2, 0.25) is 10.1 Å². The SMILES string of the molecule is CC(C)CNc1nn2c(I)cnc2s1. The van der Waals surface area contributed by atoms with Crippen LogP contribution in [0, 0.1) is 9.62 Å². The Balaban J connectivity index is 2.19. The summed E-state index contributed by atoms with van der Waals surface area (Å²) in [5, 5.41) is 8.63. The quantitative estimate of drug-likeness (QED) is 0.883. The smallest absolute Gasteiger partial charge is 0.214 e. The molecule has 14 heavy (non-hydrogen) atoms. The molecular formula is C8H11IN4S. The number of rotatable bonds is 3. The number of imidazole rings is 1. The molecule has 1 N–H and O–H groups in total. The van der Waals surface area contributed by atoms with Gasteiger partial charge in [0, 0.05) is 6.54 Å². The molecule has 0 radical (unpaired) electrons. The van der Waals surface area contributed by atoms with Crippen LogP contribution in [-0.2, 0) is 0 Å². The first-order valence-corrected chi connectivity index (χ1v) is 6.30. The molecule has 76 valence electrons. The van der Waals surface area contributed by atoms with Crippen molar-refractivity contribution in [1.82, 2.24) is 14.6 Å². The van der Waals surface area contributed by atoms with E-state index in [1.165, 1.54) is 0 Å². The first-order valence-electron chi connectivity index (χ1n) is 4.41. The molecule has 2 aromatic rings. The number of fused-ring (bicyclic) bond motifs is 1. The van der Waals surface area contributed by atoms with Crippen molar-refractivity contribution in [3.8, 4) is 0 Å². The van der Waals surface area contributed by atoms with Gasteiger partial charge in [-0.3, -0.25) is 0 Å². The number of halogens is 1. The Labute approximate surface area is 99.9 Å². The average molecular weight is 322 g/mol. The van der Waals surface area contributed by atoms with E-state index in [0.29, 0.717) is 5.92 Å².